The molecule has 0 unspecified atom stereocenters. The molecule has 2 atom stereocenters. The van der Waals surface area contributed by atoms with Crippen molar-refractivity contribution >= 4 is 23.3 Å². The Bertz CT molecular complexity index is 849. The molecule has 2 aliphatic rings. The summed E-state index contributed by atoms with van der Waals surface area (Å²) in [4.78, 5) is 26.0. The predicted octanol–water partition coefficient (Wildman–Crippen LogP) is 1.92. The standard InChI is InChI=1S/C20H27N3O2.CH2O2/c1-21-11-16(12-25-3)20(13-21)8-9-23(14-20)19(24)18-10-15-6-4-5-7-17(15)22(18)2;2-1-3/h4-7,10,16H,8-9,11-14H2,1-3H3;1H,(H,2,3)/t16-,20+;/m0./s1. The Labute approximate surface area is 165 Å². The summed E-state index contributed by atoms with van der Waals surface area (Å²) < 4.78 is 7.49. The van der Waals surface area contributed by atoms with Gasteiger partial charge in [0.2, 0.25) is 0 Å². The number of nitrogens with zero attached hydrogens (tertiary/aromatic N) is 3. The van der Waals surface area contributed by atoms with Gasteiger partial charge in [-0.3, -0.25) is 9.59 Å². The van der Waals surface area contributed by atoms with Crippen LogP contribution in [0.2, 0.25) is 0 Å². The van der Waals surface area contributed by atoms with Crippen LogP contribution in [-0.4, -0.2) is 78.8 Å². The highest BCUT2D eigenvalue weighted by Gasteiger charge is 2.50. The van der Waals surface area contributed by atoms with Crippen molar-refractivity contribution in [3.8, 4) is 0 Å². The fourth-order valence-corrected chi connectivity index (χ4v) is 4.92. The minimum atomic E-state index is -0.250. The fourth-order valence-electron chi connectivity index (χ4n) is 4.92. The van der Waals surface area contributed by atoms with E-state index >= 15 is 0 Å². The number of carbonyl (C=O) groups excluding carboxylic acids is 1. The van der Waals surface area contributed by atoms with Gasteiger partial charge in [-0.25, -0.2) is 0 Å². The van der Waals surface area contributed by atoms with Crippen LogP contribution in [0.15, 0.2) is 30.3 Å². The Morgan fingerprint density at radius 3 is 2.71 bits per heavy atom. The third-order valence-electron chi connectivity index (χ3n) is 6.19. The molecule has 4 rings (SSSR count). The zero-order chi connectivity index (χ0) is 20.3. The first-order valence-electron chi connectivity index (χ1n) is 9.55. The lowest BCUT2D eigenvalue weighted by Crippen LogP contribution is -2.38. The van der Waals surface area contributed by atoms with Crippen LogP contribution < -0.4 is 0 Å². The van der Waals surface area contributed by atoms with Crippen molar-refractivity contribution in [2.45, 2.75) is 6.42 Å². The summed E-state index contributed by atoms with van der Waals surface area (Å²) >= 11 is 0. The highest BCUT2D eigenvalue weighted by Crippen LogP contribution is 2.43. The number of rotatable bonds is 3. The van der Waals surface area contributed by atoms with Crippen LogP contribution in [0.25, 0.3) is 10.9 Å². The lowest BCUT2D eigenvalue weighted by atomic mass is 9.77. The van der Waals surface area contributed by atoms with E-state index in [9.17, 15) is 4.79 Å². The number of carboxylic acid groups (broad SMARTS) is 1. The quantitative estimate of drug-likeness (QED) is 0.815. The summed E-state index contributed by atoms with van der Waals surface area (Å²) in [5.74, 6) is 0.661. The van der Waals surface area contributed by atoms with Gasteiger partial charge in [0.05, 0.1) is 6.61 Å². The fraction of sp³-hybridized carbons (Fsp3) is 0.524. The van der Waals surface area contributed by atoms with Gasteiger partial charge < -0.3 is 24.2 Å². The lowest BCUT2D eigenvalue weighted by Gasteiger charge is -2.30. The van der Waals surface area contributed by atoms with Crippen LogP contribution in [0.3, 0.4) is 0 Å². The molecule has 0 aliphatic carbocycles. The Kier molecular flexibility index (Phi) is 6.05. The monoisotopic (exact) mass is 387 g/mol. The van der Waals surface area contributed by atoms with Gasteiger partial charge in [0, 0.05) is 62.6 Å². The number of hydrogen-bond donors (Lipinski definition) is 1. The Morgan fingerprint density at radius 2 is 2.04 bits per heavy atom. The molecule has 1 aromatic carbocycles. The van der Waals surface area contributed by atoms with E-state index in [1.54, 1.807) is 7.11 Å². The SMILES string of the molecule is COC[C@@H]1CN(C)C[C@@]12CCN(C(=O)c1cc3ccccc3n1C)C2.O=CO. The molecular formula is C21H29N3O4. The van der Waals surface area contributed by atoms with Gasteiger partial charge in [-0.15, -0.1) is 0 Å². The number of aryl methyl sites for hydroxylation is 1. The molecule has 2 aliphatic heterocycles. The van der Waals surface area contributed by atoms with Gasteiger partial charge >= 0.3 is 0 Å². The molecule has 0 radical (unpaired) electrons. The number of fused-ring (bicyclic) bond motifs is 1. The molecule has 152 valence electrons. The van der Waals surface area contributed by atoms with E-state index in [0.29, 0.717) is 5.92 Å². The molecule has 1 spiro atoms. The minimum Gasteiger partial charge on any atom is -0.483 e. The van der Waals surface area contributed by atoms with Crippen LogP contribution in [-0.2, 0) is 16.6 Å². The third kappa shape index (κ3) is 3.64. The molecular weight excluding hydrogens is 358 g/mol. The number of likely N-dealkylation sites (tertiary alicyclic amines) is 2. The smallest absolute Gasteiger partial charge is 0.290 e. The third-order valence-corrected chi connectivity index (χ3v) is 6.19. The molecule has 0 saturated carbocycles. The van der Waals surface area contributed by atoms with Crippen LogP contribution in [0, 0.1) is 11.3 Å². The van der Waals surface area contributed by atoms with Gasteiger partial charge in [-0.2, -0.15) is 0 Å². The predicted molar refractivity (Wildman–Crippen MR) is 107 cm³/mol. The van der Waals surface area contributed by atoms with E-state index < -0.39 is 0 Å². The van der Waals surface area contributed by atoms with Crippen LogP contribution >= 0.6 is 0 Å². The van der Waals surface area contributed by atoms with E-state index in [1.807, 2.05) is 29.8 Å². The number of hydrogen-bond acceptors (Lipinski definition) is 4. The first-order chi connectivity index (χ1) is 13.5. The van der Waals surface area contributed by atoms with E-state index in [-0.39, 0.29) is 17.8 Å². The summed E-state index contributed by atoms with van der Waals surface area (Å²) in [5, 5.41) is 8.01. The van der Waals surface area contributed by atoms with Crippen molar-refractivity contribution in [2.75, 3.05) is 46.9 Å². The summed E-state index contributed by atoms with van der Waals surface area (Å²) in [6, 6.07) is 10.2. The van der Waals surface area contributed by atoms with Crippen molar-refractivity contribution < 1.29 is 19.4 Å². The van der Waals surface area contributed by atoms with Crippen molar-refractivity contribution in [3.05, 3.63) is 36.0 Å². The van der Waals surface area contributed by atoms with E-state index in [4.69, 9.17) is 14.6 Å². The van der Waals surface area contributed by atoms with Crippen molar-refractivity contribution in [1.82, 2.24) is 14.4 Å². The number of para-hydroxylation sites is 1. The largest absolute Gasteiger partial charge is 0.483 e. The van der Waals surface area contributed by atoms with E-state index in [1.165, 1.54) is 0 Å². The van der Waals surface area contributed by atoms with Gasteiger partial charge in [0.1, 0.15) is 5.69 Å². The Hall–Kier alpha value is -2.38. The summed E-state index contributed by atoms with van der Waals surface area (Å²) in [5.41, 5.74) is 2.08. The van der Waals surface area contributed by atoms with Crippen molar-refractivity contribution in [2.24, 2.45) is 18.4 Å². The molecule has 2 aromatic rings. The van der Waals surface area contributed by atoms with Crippen LogP contribution in [0.4, 0.5) is 0 Å². The summed E-state index contributed by atoms with van der Waals surface area (Å²) in [7, 11) is 5.93. The number of carbonyl (C=O) groups is 2. The molecule has 7 nitrogen and oxygen atoms in total. The maximum atomic E-state index is 13.2. The zero-order valence-corrected chi connectivity index (χ0v) is 16.8. The maximum absolute atomic E-state index is 13.2. The second kappa shape index (κ2) is 8.32. The first kappa shape index (κ1) is 20.4. The van der Waals surface area contributed by atoms with Crippen molar-refractivity contribution in [3.63, 3.8) is 0 Å². The topological polar surface area (TPSA) is 75.0 Å². The molecule has 1 N–H and O–H groups in total. The molecule has 0 bridgehead atoms. The molecule has 7 heteroatoms. The average molecular weight is 387 g/mol. The maximum Gasteiger partial charge on any atom is 0.290 e. The van der Waals surface area contributed by atoms with E-state index in [2.05, 4.69) is 29.0 Å². The van der Waals surface area contributed by atoms with E-state index in [0.717, 1.165) is 55.8 Å². The molecule has 2 fully saturated rings. The lowest BCUT2D eigenvalue weighted by molar-refractivity contribution is -0.122. The molecule has 3 heterocycles. The second-order valence-electron chi connectivity index (χ2n) is 7.94. The minimum absolute atomic E-state index is 0.154. The van der Waals surface area contributed by atoms with Gasteiger partial charge in [0.25, 0.3) is 12.4 Å². The zero-order valence-electron chi connectivity index (χ0n) is 16.8. The highest BCUT2D eigenvalue weighted by atomic mass is 16.5. The molecule has 2 saturated heterocycles. The van der Waals surface area contributed by atoms with Crippen LogP contribution in [0.5, 0.6) is 0 Å². The van der Waals surface area contributed by atoms with Gasteiger partial charge in [0.15, 0.2) is 0 Å². The first-order valence-corrected chi connectivity index (χ1v) is 9.55. The number of methoxy groups -OCH3 is 1. The average Bonchev–Trinajstić information content (AvgIpc) is 3.33. The summed E-state index contributed by atoms with van der Waals surface area (Å²) in [6.45, 7) is 4.32. The molecule has 1 aromatic heterocycles. The Balaban J connectivity index is 0.000000706. The highest BCUT2D eigenvalue weighted by molar-refractivity contribution is 5.98. The normalized spacial score (nSPS) is 24.5. The van der Waals surface area contributed by atoms with Gasteiger partial charge in [-0.05, 0) is 25.6 Å². The number of ether oxygens (including phenoxy) is 1. The number of benzene rings is 1. The number of aromatic nitrogens is 1. The van der Waals surface area contributed by atoms with Crippen LogP contribution in [0.1, 0.15) is 16.9 Å². The van der Waals surface area contributed by atoms with Gasteiger partial charge in [-0.1, -0.05) is 18.2 Å². The Morgan fingerprint density at radius 1 is 1.32 bits per heavy atom. The molecule has 1 amide bonds. The van der Waals surface area contributed by atoms with Crippen molar-refractivity contribution in [1.29, 1.82) is 0 Å². The second-order valence-corrected chi connectivity index (χ2v) is 7.94. The molecule has 28 heavy (non-hydrogen) atoms. The number of amides is 1. The summed E-state index contributed by atoms with van der Waals surface area (Å²) in [6.07, 6.45) is 1.07.